The second kappa shape index (κ2) is 6.22. The SMILES string of the molecule is Clc1cccc2c1NC(c1[nH]nc3ccc(-c4cncc5ccccc45)cc13)N2. The Hall–Kier alpha value is -3.57. The lowest BCUT2D eigenvalue weighted by Crippen LogP contribution is -2.13. The Morgan fingerprint density at radius 2 is 1.79 bits per heavy atom. The Morgan fingerprint density at radius 1 is 0.862 bits per heavy atom. The van der Waals surface area contributed by atoms with Crippen molar-refractivity contribution in [3.05, 3.63) is 83.8 Å². The fourth-order valence-electron chi connectivity index (χ4n) is 4.04. The van der Waals surface area contributed by atoms with Crippen LogP contribution in [-0.4, -0.2) is 15.2 Å². The van der Waals surface area contributed by atoms with Gasteiger partial charge in [-0.1, -0.05) is 48.0 Å². The first kappa shape index (κ1) is 16.4. The van der Waals surface area contributed by atoms with Crippen LogP contribution >= 0.6 is 11.6 Å². The van der Waals surface area contributed by atoms with E-state index in [1.807, 2.05) is 42.7 Å². The molecule has 0 bridgehead atoms. The quantitative estimate of drug-likeness (QED) is 0.343. The molecule has 0 radical (unpaired) electrons. The van der Waals surface area contributed by atoms with Gasteiger partial charge in [0.25, 0.3) is 0 Å². The molecule has 1 aliphatic heterocycles. The molecule has 1 atom stereocenters. The van der Waals surface area contributed by atoms with Crippen LogP contribution in [0, 0.1) is 0 Å². The minimum Gasteiger partial charge on any atom is -0.359 e. The molecule has 29 heavy (non-hydrogen) atoms. The summed E-state index contributed by atoms with van der Waals surface area (Å²) < 4.78 is 0. The largest absolute Gasteiger partial charge is 0.359 e. The van der Waals surface area contributed by atoms with Gasteiger partial charge in [-0.25, -0.2) is 0 Å². The highest BCUT2D eigenvalue weighted by molar-refractivity contribution is 6.34. The van der Waals surface area contributed by atoms with Gasteiger partial charge in [-0.05, 0) is 35.2 Å². The van der Waals surface area contributed by atoms with Crippen LogP contribution in [0.4, 0.5) is 11.4 Å². The van der Waals surface area contributed by atoms with Crippen LogP contribution < -0.4 is 10.6 Å². The van der Waals surface area contributed by atoms with Crippen LogP contribution in [0.5, 0.6) is 0 Å². The molecule has 140 valence electrons. The van der Waals surface area contributed by atoms with E-state index < -0.39 is 0 Å². The van der Waals surface area contributed by atoms with Crippen LogP contribution in [0.25, 0.3) is 32.8 Å². The summed E-state index contributed by atoms with van der Waals surface area (Å²) in [5.41, 5.74) is 6.01. The van der Waals surface area contributed by atoms with E-state index in [1.165, 1.54) is 5.39 Å². The number of hydrogen-bond acceptors (Lipinski definition) is 4. The molecule has 5 aromatic rings. The standard InChI is InChI=1S/C23H16ClN5/c24-18-6-3-7-20-22(18)27-23(26-20)21-16-10-13(8-9-19(16)28-29-21)17-12-25-11-14-4-1-2-5-15(14)17/h1-12,23,26-27H,(H,28,29). The van der Waals surface area contributed by atoms with Gasteiger partial charge in [-0.2, -0.15) is 5.10 Å². The lowest BCUT2D eigenvalue weighted by atomic mass is 9.99. The van der Waals surface area contributed by atoms with E-state index >= 15 is 0 Å². The number of pyridine rings is 1. The molecule has 0 fully saturated rings. The predicted octanol–water partition coefficient (Wildman–Crippen LogP) is 5.97. The zero-order valence-corrected chi connectivity index (χ0v) is 16.0. The highest BCUT2D eigenvalue weighted by atomic mass is 35.5. The molecule has 6 rings (SSSR count). The molecule has 0 saturated heterocycles. The summed E-state index contributed by atoms with van der Waals surface area (Å²) in [6.45, 7) is 0. The second-order valence-corrected chi connectivity index (χ2v) is 7.57. The molecule has 0 aliphatic carbocycles. The maximum absolute atomic E-state index is 6.34. The molecule has 1 unspecified atom stereocenters. The van der Waals surface area contributed by atoms with Crippen LogP contribution in [0.1, 0.15) is 11.9 Å². The van der Waals surface area contributed by atoms with Crippen molar-refractivity contribution in [2.45, 2.75) is 6.17 Å². The third-order valence-electron chi connectivity index (χ3n) is 5.45. The molecule has 0 amide bonds. The first-order valence-corrected chi connectivity index (χ1v) is 9.78. The predicted molar refractivity (Wildman–Crippen MR) is 118 cm³/mol. The molecular weight excluding hydrogens is 382 g/mol. The van der Waals surface area contributed by atoms with Gasteiger partial charge in [0.15, 0.2) is 0 Å². The summed E-state index contributed by atoms with van der Waals surface area (Å²) >= 11 is 6.34. The number of benzene rings is 3. The summed E-state index contributed by atoms with van der Waals surface area (Å²) in [4.78, 5) is 4.43. The smallest absolute Gasteiger partial charge is 0.141 e. The fraction of sp³-hybridized carbons (Fsp3) is 0.0435. The Bertz CT molecular complexity index is 1390. The first-order valence-electron chi connectivity index (χ1n) is 9.41. The van der Waals surface area contributed by atoms with Gasteiger partial charge >= 0.3 is 0 Å². The molecule has 3 N–H and O–H groups in total. The number of anilines is 2. The summed E-state index contributed by atoms with van der Waals surface area (Å²) in [6.07, 6.45) is 3.69. The van der Waals surface area contributed by atoms with Crippen molar-refractivity contribution in [2.24, 2.45) is 0 Å². The first-order chi connectivity index (χ1) is 14.3. The summed E-state index contributed by atoms with van der Waals surface area (Å²) in [6, 6.07) is 20.5. The van der Waals surface area contributed by atoms with Crippen LogP contribution in [-0.2, 0) is 0 Å². The maximum atomic E-state index is 6.34. The molecule has 1 aliphatic rings. The van der Waals surface area contributed by atoms with Gasteiger partial charge < -0.3 is 10.6 Å². The van der Waals surface area contributed by atoms with Gasteiger partial charge in [-0.3, -0.25) is 10.1 Å². The number of halogens is 1. The van der Waals surface area contributed by atoms with Crippen molar-refractivity contribution in [3.8, 4) is 11.1 Å². The summed E-state index contributed by atoms with van der Waals surface area (Å²) in [7, 11) is 0. The number of nitrogens with zero attached hydrogens (tertiary/aromatic N) is 2. The van der Waals surface area contributed by atoms with E-state index in [-0.39, 0.29) is 6.17 Å². The number of aromatic amines is 1. The molecule has 0 spiro atoms. The number of aromatic nitrogens is 3. The van der Waals surface area contributed by atoms with Gasteiger partial charge in [0, 0.05) is 28.7 Å². The average Bonchev–Trinajstić information content (AvgIpc) is 3.37. The summed E-state index contributed by atoms with van der Waals surface area (Å²) in [5.74, 6) is 0. The Labute approximate surface area is 171 Å². The lowest BCUT2D eigenvalue weighted by Gasteiger charge is -2.12. The molecule has 3 heterocycles. The molecular formula is C23H16ClN5. The molecule has 5 nitrogen and oxygen atoms in total. The maximum Gasteiger partial charge on any atom is 0.141 e. The topological polar surface area (TPSA) is 65.6 Å². The number of rotatable bonds is 2. The molecule has 3 aromatic carbocycles. The lowest BCUT2D eigenvalue weighted by molar-refractivity contribution is 0.874. The van der Waals surface area contributed by atoms with Crippen LogP contribution in [0.3, 0.4) is 0 Å². The van der Waals surface area contributed by atoms with Gasteiger partial charge in [-0.15, -0.1) is 0 Å². The third-order valence-corrected chi connectivity index (χ3v) is 5.77. The fourth-order valence-corrected chi connectivity index (χ4v) is 4.26. The normalized spacial score (nSPS) is 15.3. The molecule has 0 saturated carbocycles. The minimum atomic E-state index is -0.129. The molecule has 6 heteroatoms. The minimum absolute atomic E-state index is 0.129. The Morgan fingerprint density at radius 3 is 2.72 bits per heavy atom. The van der Waals surface area contributed by atoms with Crippen LogP contribution in [0.15, 0.2) is 73.1 Å². The van der Waals surface area contributed by atoms with Gasteiger partial charge in [0.2, 0.25) is 0 Å². The summed E-state index contributed by atoms with van der Waals surface area (Å²) in [5, 5.41) is 18.7. The number of para-hydroxylation sites is 1. The van der Waals surface area contributed by atoms with E-state index in [4.69, 9.17) is 11.6 Å². The zero-order chi connectivity index (χ0) is 19.4. The van der Waals surface area contributed by atoms with Gasteiger partial charge in [0.1, 0.15) is 6.17 Å². The third kappa shape index (κ3) is 2.55. The number of nitrogens with one attached hydrogen (secondary N) is 3. The van der Waals surface area contributed by atoms with E-state index in [2.05, 4.69) is 56.1 Å². The highest BCUT2D eigenvalue weighted by Crippen LogP contribution is 2.41. The average molecular weight is 398 g/mol. The Kier molecular flexibility index (Phi) is 3.52. The van der Waals surface area contributed by atoms with Crippen molar-refractivity contribution in [1.82, 2.24) is 15.2 Å². The monoisotopic (exact) mass is 397 g/mol. The van der Waals surface area contributed by atoms with Crippen molar-refractivity contribution in [1.29, 1.82) is 0 Å². The number of fused-ring (bicyclic) bond motifs is 3. The van der Waals surface area contributed by atoms with E-state index in [1.54, 1.807) is 0 Å². The van der Waals surface area contributed by atoms with E-state index in [0.29, 0.717) is 5.02 Å². The van der Waals surface area contributed by atoms with Crippen molar-refractivity contribution < 1.29 is 0 Å². The van der Waals surface area contributed by atoms with Crippen molar-refractivity contribution in [3.63, 3.8) is 0 Å². The van der Waals surface area contributed by atoms with Crippen molar-refractivity contribution >= 4 is 44.7 Å². The zero-order valence-electron chi connectivity index (χ0n) is 15.3. The van der Waals surface area contributed by atoms with Crippen LogP contribution in [0.2, 0.25) is 5.02 Å². The van der Waals surface area contributed by atoms with Crippen molar-refractivity contribution in [2.75, 3.05) is 10.6 Å². The van der Waals surface area contributed by atoms with E-state index in [0.717, 1.165) is 44.5 Å². The number of H-pyrrole nitrogens is 1. The Balaban J connectivity index is 1.47. The molecule has 2 aromatic heterocycles. The van der Waals surface area contributed by atoms with E-state index in [9.17, 15) is 0 Å². The highest BCUT2D eigenvalue weighted by Gasteiger charge is 2.26. The van der Waals surface area contributed by atoms with Gasteiger partial charge in [0.05, 0.1) is 27.6 Å². The second-order valence-electron chi connectivity index (χ2n) is 7.16. The number of hydrogen-bond donors (Lipinski definition) is 3.